The van der Waals surface area contributed by atoms with Gasteiger partial charge in [-0.05, 0) is 24.0 Å². The van der Waals surface area contributed by atoms with Gasteiger partial charge in [0, 0.05) is 18.0 Å². The van der Waals surface area contributed by atoms with Gasteiger partial charge in [-0.3, -0.25) is 4.98 Å². The molecule has 0 aromatic carbocycles. The zero-order chi connectivity index (χ0) is 11.3. The van der Waals surface area contributed by atoms with Gasteiger partial charge in [-0.2, -0.15) is 0 Å². The lowest BCUT2D eigenvalue weighted by Gasteiger charge is -2.11. The third-order valence-corrected chi connectivity index (χ3v) is 2.59. The highest BCUT2D eigenvalue weighted by atomic mass is 19.3. The van der Waals surface area contributed by atoms with E-state index in [-0.39, 0.29) is 5.56 Å². The highest BCUT2D eigenvalue weighted by Crippen LogP contribution is 2.25. The number of aromatic nitrogens is 1. The van der Waals surface area contributed by atoms with Gasteiger partial charge in [-0.25, -0.2) is 8.78 Å². The highest BCUT2D eigenvalue weighted by molar-refractivity contribution is 5.21. The number of rotatable bonds is 5. The van der Waals surface area contributed by atoms with Crippen LogP contribution in [0.1, 0.15) is 56.6 Å². The Morgan fingerprint density at radius 1 is 1.27 bits per heavy atom. The number of hydrogen-bond acceptors (Lipinski definition) is 1. The molecule has 1 nitrogen and oxygen atoms in total. The fourth-order valence-electron chi connectivity index (χ4n) is 1.54. The first-order valence-corrected chi connectivity index (χ1v) is 5.38. The van der Waals surface area contributed by atoms with Crippen molar-refractivity contribution < 1.29 is 8.78 Å². The molecule has 1 heterocycles. The van der Waals surface area contributed by atoms with Gasteiger partial charge in [-0.15, -0.1) is 0 Å². The van der Waals surface area contributed by atoms with Crippen LogP contribution in [0.2, 0.25) is 0 Å². The Hall–Kier alpha value is -0.990. The number of unbranched alkanes of at least 4 members (excludes halogenated alkanes) is 1. The van der Waals surface area contributed by atoms with E-state index in [0.29, 0.717) is 5.92 Å². The van der Waals surface area contributed by atoms with E-state index < -0.39 is 6.43 Å². The SMILES string of the molecule is CCCCC(C)c1cncc(C(F)F)c1. The minimum Gasteiger partial charge on any atom is -0.264 e. The maximum atomic E-state index is 12.4. The molecule has 0 fully saturated rings. The maximum absolute atomic E-state index is 12.4. The number of alkyl halides is 2. The van der Waals surface area contributed by atoms with Crippen LogP contribution in [0.5, 0.6) is 0 Å². The standard InChI is InChI=1S/C12H17F2N/c1-3-4-5-9(2)10-6-11(12(13)14)8-15-7-10/h6-9,12H,3-5H2,1-2H3. The summed E-state index contributed by atoms with van der Waals surface area (Å²) in [5, 5.41) is 0. The summed E-state index contributed by atoms with van der Waals surface area (Å²) in [6.45, 7) is 4.18. The van der Waals surface area contributed by atoms with Gasteiger partial charge in [0.25, 0.3) is 6.43 Å². The van der Waals surface area contributed by atoms with Gasteiger partial charge in [0.1, 0.15) is 0 Å². The van der Waals surface area contributed by atoms with Gasteiger partial charge in [0.15, 0.2) is 0 Å². The van der Waals surface area contributed by atoms with Gasteiger partial charge >= 0.3 is 0 Å². The summed E-state index contributed by atoms with van der Waals surface area (Å²) < 4.78 is 24.8. The smallest absolute Gasteiger partial charge is 0.264 e. The van der Waals surface area contributed by atoms with Crippen molar-refractivity contribution in [1.29, 1.82) is 0 Å². The van der Waals surface area contributed by atoms with Crippen molar-refractivity contribution in [2.75, 3.05) is 0 Å². The van der Waals surface area contributed by atoms with Crippen molar-refractivity contribution in [3.63, 3.8) is 0 Å². The molecule has 0 radical (unpaired) electrons. The molecule has 0 bridgehead atoms. The van der Waals surface area contributed by atoms with E-state index in [9.17, 15) is 8.78 Å². The summed E-state index contributed by atoms with van der Waals surface area (Å²) >= 11 is 0. The number of halogens is 2. The summed E-state index contributed by atoms with van der Waals surface area (Å²) in [5.74, 6) is 0.316. The molecule has 0 saturated carbocycles. The predicted molar refractivity (Wildman–Crippen MR) is 57.1 cm³/mol. The summed E-state index contributed by atoms with van der Waals surface area (Å²) in [4.78, 5) is 3.86. The molecule has 0 aliphatic rings. The van der Waals surface area contributed by atoms with Gasteiger partial charge < -0.3 is 0 Å². The molecule has 0 aliphatic heterocycles. The van der Waals surface area contributed by atoms with Gasteiger partial charge in [-0.1, -0.05) is 26.7 Å². The zero-order valence-electron chi connectivity index (χ0n) is 9.21. The van der Waals surface area contributed by atoms with E-state index >= 15 is 0 Å². The van der Waals surface area contributed by atoms with E-state index in [1.807, 2.05) is 0 Å². The molecule has 1 atom stereocenters. The average Bonchev–Trinajstić information content (AvgIpc) is 2.26. The minimum absolute atomic E-state index is 0.0239. The van der Waals surface area contributed by atoms with E-state index in [4.69, 9.17) is 0 Å². The van der Waals surface area contributed by atoms with E-state index in [1.165, 1.54) is 6.20 Å². The Kier molecular flexibility index (Phi) is 4.66. The lowest BCUT2D eigenvalue weighted by molar-refractivity contribution is 0.151. The van der Waals surface area contributed by atoms with Crippen LogP contribution in [0, 0.1) is 0 Å². The molecular weight excluding hydrogens is 196 g/mol. The third kappa shape index (κ3) is 3.57. The van der Waals surface area contributed by atoms with E-state index in [2.05, 4.69) is 18.8 Å². The van der Waals surface area contributed by atoms with Gasteiger partial charge in [0.05, 0.1) is 0 Å². The summed E-state index contributed by atoms with van der Waals surface area (Å²) in [5.41, 5.74) is 0.942. The third-order valence-electron chi connectivity index (χ3n) is 2.59. The Morgan fingerprint density at radius 2 is 1.93 bits per heavy atom. The second-order valence-corrected chi connectivity index (χ2v) is 3.90. The van der Waals surface area contributed by atoms with Crippen molar-refractivity contribution in [2.24, 2.45) is 0 Å². The fourth-order valence-corrected chi connectivity index (χ4v) is 1.54. The molecule has 0 aliphatic carbocycles. The molecule has 0 saturated heterocycles. The molecule has 0 spiro atoms. The van der Waals surface area contributed by atoms with Crippen LogP contribution in [0.15, 0.2) is 18.5 Å². The monoisotopic (exact) mass is 213 g/mol. The quantitative estimate of drug-likeness (QED) is 0.710. The minimum atomic E-state index is -2.42. The first-order valence-electron chi connectivity index (χ1n) is 5.38. The second kappa shape index (κ2) is 5.79. The summed E-state index contributed by atoms with van der Waals surface area (Å²) in [6.07, 6.45) is 3.79. The topological polar surface area (TPSA) is 12.9 Å². The van der Waals surface area contributed by atoms with Crippen LogP contribution in [0.25, 0.3) is 0 Å². The first-order chi connectivity index (χ1) is 7.15. The molecule has 1 unspecified atom stereocenters. The number of hydrogen-bond donors (Lipinski definition) is 0. The maximum Gasteiger partial charge on any atom is 0.265 e. The molecule has 1 aromatic rings. The predicted octanol–water partition coefficient (Wildman–Crippen LogP) is 4.31. The van der Waals surface area contributed by atoms with E-state index in [1.54, 1.807) is 12.3 Å². The van der Waals surface area contributed by atoms with Crippen LogP contribution >= 0.6 is 0 Å². The first kappa shape index (κ1) is 12.1. The molecule has 0 N–H and O–H groups in total. The molecule has 1 rings (SSSR count). The summed E-state index contributed by atoms with van der Waals surface area (Å²) in [6, 6.07) is 1.57. The van der Waals surface area contributed by atoms with E-state index in [0.717, 1.165) is 24.8 Å². The zero-order valence-corrected chi connectivity index (χ0v) is 9.21. The molecule has 15 heavy (non-hydrogen) atoms. The van der Waals surface area contributed by atoms with Crippen LogP contribution < -0.4 is 0 Å². The van der Waals surface area contributed by atoms with Crippen LogP contribution in [0.4, 0.5) is 8.78 Å². The lowest BCUT2D eigenvalue weighted by Crippen LogP contribution is -1.97. The highest BCUT2D eigenvalue weighted by Gasteiger charge is 2.11. The van der Waals surface area contributed by atoms with Crippen LogP contribution in [0.3, 0.4) is 0 Å². The van der Waals surface area contributed by atoms with Crippen molar-refractivity contribution in [3.05, 3.63) is 29.6 Å². The van der Waals surface area contributed by atoms with Crippen molar-refractivity contribution >= 4 is 0 Å². The van der Waals surface area contributed by atoms with Crippen molar-refractivity contribution in [3.8, 4) is 0 Å². The summed E-state index contributed by atoms with van der Waals surface area (Å²) in [7, 11) is 0. The van der Waals surface area contributed by atoms with Crippen LogP contribution in [-0.2, 0) is 0 Å². The molecule has 0 amide bonds. The Morgan fingerprint density at radius 3 is 2.53 bits per heavy atom. The second-order valence-electron chi connectivity index (χ2n) is 3.90. The van der Waals surface area contributed by atoms with Gasteiger partial charge in [0.2, 0.25) is 0 Å². The molecule has 84 valence electrons. The number of nitrogens with zero attached hydrogens (tertiary/aromatic N) is 1. The lowest BCUT2D eigenvalue weighted by atomic mass is 9.96. The van der Waals surface area contributed by atoms with Crippen molar-refractivity contribution in [1.82, 2.24) is 4.98 Å². The number of pyridine rings is 1. The normalized spacial score (nSPS) is 13.1. The molecular formula is C12H17F2N. The average molecular weight is 213 g/mol. The van der Waals surface area contributed by atoms with Crippen LogP contribution in [-0.4, -0.2) is 4.98 Å². The Balaban J connectivity index is 2.71. The molecule has 1 aromatic heterocycles. The Bertz CT molecular complexity index is 299. The Labute approximate surface area is 89.5 Å². The molecule has 3 heteroatoms. The fraction of sp³-hybridized carbons (Fsp3) is 0.583. The largest absolute Gasteiger partial charge is 0.265 e. The van der Waals surface area contributed by atoms with Crippen molar-refractivity contribution in [2.45, 2.75) is 45.5 Å².